The van der Waals surface area contributed by atoms with Crippen molar-refractivity contribution >= 4 is 23.0 Å². The number of rotatable bonds is 5. The number of halogens is 1. The predicted molar refractivity (Wildman–Crippen MR) is 68.7 cm³/mol. The van der Waals surface area contributed by atoms with Gasteiger partial charge in [-0.15, -0.1) is 11.6 Å². The summed E-state index contributed by atoms with van der Waals surface area (Å²) in [6.07, 6.45) is 2.25. The molecule has 0 aromatic heterocycles. The highest BCUT2D eigenvalue weighted by Crippen LogP contribution is 2.37. The molecule has 0 atom stereocenters. The van der Waals surface area contributed by atoms with Crippen LogP contribution in [0.2, 0.25) is 0 Å². The molecule has 0 amide bonds. The van der Waals surface area contributed by atoms with E-state index < -0.39 is 0 Å². The minimum absolute atomic E-state index is 0.164. The van der Waals surface area contributed by atoms with Gasteiger partial charge in [0.05, 0.1) is 4.92 Å². The second-order valence-electron chi connectivity index (χ2n) is 4.23. The second-order valence-corrected chi connectivity index (χ2v) is 4.50. The van der Waals surface area contributed by atoms with Crippen molar-refractivity contribution in [2.75, 3.05) is 11.4 Å². The van der Waals surface area contributed by atoms with Gasteiger partial charge in [0.2, 0.25) is 0 Å². The van der Waals surface area contributed by atoms with Gasteiger partial charge in [0.25, 0.3) is 5.69 Å². The topological polar surface area (TPSA) is 46.4 Å². The number of alkyl halides is 1. The van der Waals surface area contributed by atoms with Gasteiger partial charge in [0.15, 0.2) is 0 Å². The molecule has 1 aliphatic rings. The summed E-state index contributed by atoms with van der Waals surface area (Å²) in [5.41, 5.74) is 1.67. The number of nitro benzene ring substituents is 1. The standard InChI is InChI=1S/C12H15ClN2O2/c1-2-14(10-4-5-10)11-6-3-9(8-13)7-12(11)15(16)17/h3,6-7,10H,2,4-5,8H2,1H3. The SMILES string of the molecule is CCN(c1ccc(CCl)cc1[N+](=O)[O-])C1CC1. The van der Waals surface area contributed by atoms with E-state index in [0.717, 1.165) is 24.9 Å². The van der Waals surface area contributed by atoms with Crippen LogP contribution in [0, 0.1) is 10.1 Å². The Kier molecular flexibility index (Phi) is 3.52. The molecule has 0 aliphatic heterocycles. The van der Waals surface area contributed by atoms with E-state index in [0.29, 0.717) is 17.6 Å². The average molecular weight is 255 g/mol. The summed E-state index contributed by atoms with van der Waals surface area (Å²) in [5, 5.41) is 11.1. The first-order valence-corrected chi connectivity index (χ1v) is 6.30. The number of anilines is 1. The van der Waals surface area contributed by atoms with Crippen LogP contribution < -0.4 is 4.90 Å². The number of hydrogen-bond acceptors (Lipinski definition) is 3. The van der Waals surface area contributed by atoms with E-state index in [2.05, 4.69) is 4.90 Å². The third-order valence-corrected chi connectivity index (χ3v) is 3.34. The van der Waals surface area contributed by atoms with Crippen molar-refractivity contribution in [1.29, 1.82) is 0 Å². The molecule has 0 unspecified atom stereocenters. The van der Waals surface area contributed by atoms with Crippen LogP contribution in [-0.2, 0) is 5.88 Å². The lowest BCUT2D eigenvalue weighted by atomic mass is 10.1. The highest BCUT2D eigenvalue weighted by atomic mass is 35.5. The third kappa shape index (κ3) is 2.52. The molecular formula is C12H15ClN2O2. The molecule has 0 N–H and O–H groups in total. The van der Waals surface area contributed by atoms with E-state index in [-0.39, 0.29) is 10.6 Å². The van der Waals surface area contributed by atoms with Gasteiger partial charge in [-0.1, -0.05) is 6.07 Å². The van der Waals surface area contributed by atoms with Crippen LogP contribution in [0.4, 0.5) is 11.4 Å². The fourth-order valence-electron chi connectivity index (χ4n) is 2.05. The Balaban J connectivity index is 2.40. The largest absolute Gasteiger partial charge is 0.363 e. The molecule has 1 aromatic rings. The van der Waals surface area contributed by atoms with Gasteiger partial charge >= 0.3 is 0 Å². The Morgan fingerprint density at radius 2 is 2.24 bits per heavy atom. The van der Waals surface area contributed by atoms with Gasteiger partial charge in [-0.25, -0.2) is 0 Å². The van der Waals surface area contributed by atoms with E-state index in [1.54, 1.807) is 6.07 Å². The Hall–Kier alpha value is -1.29. The molecule has 0 saturated heterocycles. The lowest BCUT2D eigenvalue weighted by Gasteiger charge is -2.22. The lowest BCUT2D eigenvalue weighted by Crippen LogP contribution is -2.25. The molecule has 4 nitrogen and oxygen atoms in total. The maximum absolute atomic E-state index is 11.1. The van der Waals surface area contributed by atoms with E-state index in [1.807, 2.05) is 19.1 Å². The summed E-state index contributed by atoms with van der Waals surface area (Å²) in [5.74, 6) is 0.302. The molecule has 1 aliphatic carbocycles. The normalized spacial score (nSPS) is 14.7. The highest BCUT2D eigenvalue weighted by Gasteiger charge is 2.31. The summed E-state index contributed by atoms with van der Waals surface area (Å²) < 4.78 is 0. The molecule has 17 heavy (non-hydrogen) atoms. The van der Waals surface area contributed by atoms with Gasteiger partial charge in [-0.3, -0.25) is 10.1 Å². The first-order valence-electron chi connectivity index (χ1n) is 5.77. The first kappa shape index (κ1) is 12.2. The summed E-state index contributed by atoms with van der Waals surface area (Å²) >= 11 is 5.71. The number of nitro groups is 1. The van der Waals surface area contributed by atoms with Crippen molar-refractivity contribution in [1.82, 2.24) is 0 Å². The zero-order valence-corrected chi connectivity index (χ0v) is 10.5. The molecule has 92 valence electrons. The first-order chi connectivity index (χ1) is 8.17. The fraction of sp³-hybridized carbons (Fsp3) is 0.500. The maximum Gasteiger partial charge on any atom is 0.292 e. The van der Waals surface area contributed by atoms with Crippen LogP contribution in [0.3, 0.4) is 0 Å². The maximum atomic E-state index is 11.1. The molecular weight excluding hydrogens is 240 g/mol. The zero-order valence-electron chi connectivity index (χ0n) is 9.73. The van der Waals surface area contributed by atoms with Crippen molar-refractivity contribution in [3.63, 3.8) is 0 Å². The Bertz CT molecular complexity index is 433. The molecule has 0 heterocycles. The smallest absolute Gasteiger partial charge is 0.292 e. The van der Waals surface area contributed by atoms with E-state index in [4.69, 9.17) is 11.6 Å². The second kappa shape index (κ2) is 4.92. The van der Waals surface area contributed by atoms with E-state index in [1.165, 1.54) is 0 Å². The van der Waals surface area contributed by atoms with Crippen molar-refractivity contribution in [3.8, 4) is 0 Å². The van der Waals surface area contributed by atoms with Gasteiger partial charge in [-0.05, 0) is 31.4 Å². The predicted octanol–water partition coefficient (Wildman–Crippen LogP) is 3.32. The summed E-state index contributed by atoms with van der Waals surface area (Å²) in [6, 6.07) is 5.73. The van der Waals surface area contributed by atoms with Gasteiger partial charge in [-0.2, -0.15) is 0 Å². The number of benzene rings is 1. The lowest BCUT2D eigenvalue weighted by molar-refractivity contribution is -0.384. The van der Waals surface area contributed by atoms with Crippen LogP contribution in [0.5, 0.6) is 0 Å². The Morgan fingerprint density at radius 1 is 1.53 bits per heavy atom. The zero-order chi connectivity index (χ0) is 12.4. The minimum Gasteiger partial charge on any atom is -0.363 e. The molecule has 0 spiro atoms. The van der Waals surface area contributed by atoms with Gasteiger partial charge < -0.3 is 4.90 Å². The molecule has 0 bridgehead atoms. The van der Waals surface area contributed by atoms with Gasteiger partial charge in [0.1, 0.15) is 5.69 Å². The van der Waals surface area contributed by atoms with E-state index in [9.17, 15) is 10.1 Å². The van der Waals surface area contributed by atoms with Crippen LogP contribution >= 0.6 is 11.6 Å². The number of hydrogen-bond donors (Lipinski definition) is 0. The summed E-state index contributed by atoms with van der Waals surface area (Å²) in [6.45, 7) is 2.82. The van der Waals surface area contributed by atoms with Crippen LogP contribution in [0.15, 0.2) is 18.2 Å². The van der Waals surface area contributed by atoms with Crippen LogP contribution in [0.1, 0.15) is 25.3 Å². The number of nitrogens with zero attached hydrogens (tertiary/aromatic N) is 2. The van der Waals surface area contributed by atoms with Gasteiger partial charge in [0, 0.05) is 24.5 Å². The molecule has 0 radical (unpaired) electrons. The Labute approximate surface area is 105 Å². The molecule has 5 heteroatoms. The minimum atomic E-state index is -0.323. The molecule has 2 rings (SSSR count). The quantitative estimate of drug-likeness (QED) is 0.460. The highest BCUT2D eigenvalue weighted by molar-refractivity contribution is 6.17. The van der Waals surface area contributed by atoms with Crippen molar-refractivity contribution in [2.24, 2.45) is 0 Å². The molecule has 1 saturated carbocycles. The average Bonchev–Trinajstić information content (AvgIpc) is 3.14. The van der Waals surface area contributed by atoms with Crippen LogP contribution in [-0.4, -0.2) is 17.5 Å². The summed E-state index contributed by atoms with van der Waals surface area (Å²) in [4.78, 5) is 12.9. The molecule has 1 fully saturated rings. The van der Waals surface area contributed by atoms with E-state index >= 15 is 0 Å². The third-order valence-electron chi connectivity index (χ3n) is 3.03. The molecule has 1 aromatic carbocycles. The van der Waals surface area contributed by atoms with Crippen LogP contribution in [0.25, 0.3) is 0 Å². The van der Waals surface area contributed by atoms with Crippen molar-refractivity contribution < 1.29 is 4.92 Å². The summed E-state index contributed by atoms with van der Waals surface area (Å²) in [7, 11) is 0. The Morgan fingerprint density at radius 3 is 2.71 bits per heavy atom. The fourth-order valence-corrected chi connectivity index (χ4v) is 2.22. The monoisotopic (exact) mass is 254 g/mol. The van der Waals surface area contributed by atoms with Crippen molar-refractivity contribution in [3.05, 3.63) is 33.9 Å². The van der Waals surface area contributed by atoms with Crippen molar-refractivity contribution in [2.45, 2.75) is 31.7 Å².